The van der Waals surface area contributed by atoms with Crippen LogP contribution in [0.15, 0.2) is 0 Å². The van der Waals surface area contributed by atoms with Crippen LogP contribution in [-0.2, 0) is 0 Å². The van der Waals surface area contributed by atoms with E-state index in [1.165, 1.54) is 44.9 Å². The molecule has 0 aromatic heterocycles. The fourth-order valence-electron chi connectivity index (χ4n) is 8.42. The van der Waals surface area contributed by atoms with Crippen LogP contribution in [0.1, 0.15) is 85.0 Å². The Kier molecular flexibility index (Phi) is 4.77. The van der Waals surface area contributed by atoms with Gasteiger partial charge >= 0.3 is 0 Å². The second kappa shape index (κ2) is 6.51. The van der Waals surface area contributed by atoms with Gasteiger partial charge in [0.2, 0.25) is 0 Å². The van der Waals surface area contributed by atoms with Crippen LogP contribution in [0.3, 0.4) is 0 Å². The largest absolute Gasteiger partial charge is 0.390 e. The standard InChI is InChI=1S/C23H41NO/c1-4-23(25)12-10-17-16(13-23)5-6-19-18(17)9-11-22(3)20(15(2)14-24)7-8-21(19)22/h15-21,25H,4-14,24H2,1-3H3/t15-,16+,17-,18?,19+,20?,21?,22+,23+/m0/s1. The lowest BCUT2D eigenvalue weighted by atomic mass is 9.48. The Balaban J connectivity index is 1.51. The molecule has 2 heteroatoms. The molecule has 0 aromatic rings. The van der Waals surface area contributed by atoms with Crippen LogP contribution in [0.5, 0.6) is 0 Å². The number of aliphatic hydroxyl groups is 1. The van der Waals surface area contributed by atoms with E-state index in [1.54, 1.807) is 0 Å². The molecule has 0 saturated heterocycles. The van der Waals surface area contributed by atoms with Gasteiger partial charge in [0, 0.05) is 0 Å². The van der Waals surface area contributed by atoms with Crippen molar-refractivity contribution in [2.45, 2.75) is 90.6 Å². The quantitative estimate of drug-likeness (QED) is 0.755. The van der Waals surface area contributed by atoms with E-state index in [0.29, 0.717) is 11.3 Å². The Morgan fingerprint density at radius 3 is 2.48 bits per heavy atom. The fraction of sp³-hybridized carbons (Fsp3) is 1.00. The molecule has 4 aliphatic rings. The van der Waals surface area contributed by atoms with Crippen molar-refractivity contribution < 1.29 is 5.11 Å². The highest BCUT2D eigenvalue weighted by Gasteiger charge is 2.58. The molecule has 0 spiro atoms. The summed E-state index contributed by atoms with van der Waals surface area (Å²) in [5.74, 6) is 6.17. The summed E-state index contributed by atoms with van der Waals surface area (Å²) in [6.07, 6.45) is 13.0. The van der Waals surface area contributed by atoms with Gasteiger partial charge in [-0.2, -0.15) is 0 Å². The molecule has 3 N–H and O–H groups in total. The van der Waals surface area contributed by atoms with Crippen molar-refractivity contribution in [3.63, 3.8) is 0 Å². The lowest BCUT2D eigenvalue weighted by Crippen LogP contribution is -2.51. The minimum Gasteiger partial charge on any atom is -0.390 e. The molecule has 0 heterocycles. The van der Waals surface area contributed by atoms with Gasteiger partial charge in [-0.3, -0.25) is 0 Å². The normalized spacial score (nSPS) is 53.6. The third-order valence-electron chi connectivity index (χ3n) is 9.89. The first kappa shape index (κ1) is 18.3. The maximum absolute atomic E-state index is 10.8. The van der Waals surface area contributed by atoms with Crippen LogP contribution in [0, 0.1) is 46.8 Å². The zero-order chi connectivity index (χ0) is 17.8. The molecule has 3 unspecified atom stereocenters. The zero-order valence-electron chi connectivity index (χ0n) is 16.8. The summed E-state index contributed by atoms with van der Waals surface area (Å²) < 4.78 is 0. The summed E-state index contributed by atoms with van der Waals surface area (Å²) in [6.45, 7) is 8.06. The van der Waals surface area contributed by atoms with E-state index in [9.17, 15) is 5.11 Å². The zero-order valence-corrected chi connectivity index (χ0v) is 16.8. The smallest absolute Gasteiger partial charge is 0.0648 e. The molecular formula is C23H41NO. The molecule has 2 nitrogen and oxygen atoms in total. The predicted octanol–water partition coefficient (Wildman–Crippen LogP) is 4.99. The van der Waals surface area contributed by atoms with Gasteiger partial charge in [0.1, 0.15) is 0 Å². The second-order valence-electron chi connectivity index (χ2n) is 10.7. The summed E-state index contributed by atoms with van der Waals surface area (Å²) >= 11 is 0. The van der Waals surface area contributed by atoms with Crippen molar-refractivity contribution in [1.82, 2.24) is 0 Å². The second-order valence-corrected chi connectivity index (χ2v) is 10.7. The Morgan fingerprint density at radius 1 is 1.00 bits per heavy atom. The third kappa shape index (κ3) is 2.81. The first-order valence-electron chi connectivity index (χ1n) is 11.3. The molecule has 4 rings (SSSR count). The van der Waals surface area contributed by atoms with Gasteiger partial charge in [-0.25, -0.2) is 0 Å². The van der Waals surface area contributed by atoms with Crippen molar-refractivity contribution >= 4 is 0 Å². The van der Waals surface area contributed by atoms with Crippen LogP contribution in [-0.4, -0.2) is 17.3 Å². The molecule has 144 valence electrons. The van der Waals surface area contributed by atoms with Crippen molar-refractivity contribution in [3.8, 4) is 0 Å². The van der Waals surface area contributed by atoms with Gasteiger partial charge in [0.05, 0.1) is 5.60 Å². The van der Waals surface area contributed by atoms with Crippen LogP contribution in [0.2, 0.25) is 0 Å². The minimum atomic E-state index is -0.341. The fourth-order valence-corrected chi connectivity index (χ4v) is 8.42. The summed E-state index contributed by atoms with van der Waals surface area (Å²) in [7, 11) is 0. The van der Waals surface area contributed by atoms with Crippen molar-refractivity contribution in [1.29, 1.82) is 0 Å². The molecule has 0 amide bonds. The van der Waals surface area contributed by atoms with E-state index >= 15 is 0 Å². The van der Waals surface area contributed by atoms with Crippen LogP contribution in [0.25, 0.3) is 0 Å². The summed E-state index contributed by atoms with van der Waals surface area (Å²) in [5, 5.41) is 10.8. The predicted molar refractivity (Wildman–Crippen MR) is 104 cm³/mol. The Labute approximate surface area is 155 Å². The van der Waals surface area contributed by atoms with E-state index in [0.717, 1.165) is 61.3 Å². The van der Waals surface area contributed by atoms with Crippen molar-refractivity contribution in [2.75, 3.05) is 6.54 Å². The van der Waals surface area contributed by atoms with Gasteiger partial charge < -0.3 is 10.8 Å². The van der Waals surface area contributed by atoms with Crippen LogP contribution >= 0.6 is 0 Å². The molecule has 25 heavy (non-hydrogen) atoms. The third-order valence-corrected chi connectivity index (χ3v) is 9.89. The van der Waals surface area contributed by atoms with Crippen LogP contribution < -0.4 is 5.73 Å². The summed E-state index contributed by atoms with van der Waals surface area (Å²) in [4.78, 5) is 0. The molecule has 0 radical (unpaired) electrons. The minimum absolute atomic E-state index is 0.341. The van der Waals surface area contributed by atoms with Crippen molar-refractivity contribution in [2.24, 2.45) is 52.6 Å². The van der Waals surface area contributed by atoms with E-state index in [4.69, 9.17) is 5.73 Å². The molecule has 4 saturated carbocycles. The van der Waals surface area contributed by atoms with Gasteiger partial charge in [-0.15, -0.1) is 0 Å². The lowest BCUT2D eigenvalue weighted by Gasteiger charge is -2.57. The Bertz CT molecular complexity index is 492. The molecule has 4 aliphatic carbocycles. The molecule has 0 aliphatic heterocycles. The van der Waals surface area contributed by atoms with E-state index in [-0.39, 0.29) is 5.60 Å². The van der Waals surface area contributed by atoms with E-state index in [1.807, 2.05) is 0 Å². The number of hydrogen-bond donors (Lipinski definition) is 2. The van der Waals surface area contributed by atoms with Crippen molar-refractivity contribution in [3.05, 3.63) is 0 Å². The molecule has 4 fully saturated rings. The topological polar surface area (TPSA) is 46.2 Å². The summed E-state index contributed by atoms with van der Waals surface area (Å²) in [6, 6.07) is 0. The molecule has 0 aromatic carbocycles. The number of nitrogens with two attached hydrogens (primary N) is 1. The van der Waals surface area contributed by atoms with E-state index < -0.39 is 0 Å². The first-order valence-corrected chi connectivity index (χ1v) is 11.3. The highest BCUT2D eigenvalue weighted by molar-refractivity contribution is 5.07. The summed E-state index contributed by atoms with van der Waals surface area (Å²) in [5.41, 5.74) is 6.29. The maximum atomic E-state index is 10.8. The van der Waals surface area contributed by atoms with E-state index in [2.05, 4.69) is 20.8 Å². The maximum Gasteiger partial charge on any atom is 0.0648 e. The number of hydrogen-bond acceptors (Lipinski definition) is 2. The SMILES string of the molecule is CC[C@@]1(O)CC[C@@H]2C3CC[C@@]4(C)C(CCC4[C@@H](C)CN)[C@@H]3CC[C@@H]2C1. The van der Waals surface area contributed by atoms with Crippen LogP contribution in [0.4, 0.5) is 0 Å². The molecular weight excluding hydrogens is 306 g/mol. The van der Waals surface area contributed by atoms with Gasteiger partial charge in [-0.05, 0) is 118 Å². The monoisotopic (exact) mass is 347 g/mol. The average Bonchev–Trinajstić information content (AvgIpc) is 2.98. The lowest BCUT2D eigenvalue weighted by molar-refractivity contribution is -0.108. The Hall–Kier alpha value is -0.0800. The number of fused-ring (bicyclic) bond motifs is 5. The average molecular weight is 348 g/mol. The highest BCUT2D eigenvalue weighted by Crippen LogP contribution is 2.65. The first-order chi connectivity index (χ1) is 11.9. The van der Waals surface area contributed by atoms with Gasteiger partial charge in [0.25, 0.3) is 0 Å². The Morgan fingerprint density at radius 2 is 1.76 bits per heavy atom. The molecule has 0 bridgehead atoms. The van der Waals surface area contributed by atoms with Gasteiger partial charge in [-0.1, -0.05) is 20.8 Å². The van der Waals surface area contributed by atoms with Gasteiger partial charge in [0.15, 0.2) is 0 Å². The molecule has 9 atom stereocenters. The highest BCUT2D eigenvalue weighted by atomic mass is 16.3. The number of rotatable bonds is 3.